The molecular weight excluding hydrogens is 145 g/mol. The third kappa shape index (κ3) is 2.62. The molecular formula is C8H14FNO. The van der Waals surface area contributed by atoms with Crippen molar-refractivity contribution >= 4 is 0 Å². The molecule has 0 aromatic carbocycles. The molecule has 0 aliphatic carbocycles. The van der Waals surface area contributed by atoms with E-state index in [0.717, 1.165) is 6.20 Å². The molecule has 0 fully saturated rings. The quantitative estimate of drug-likeness (QED) is 0.490. The lowest BCUT2D eigenvalue weighted by Gasteiger charge is -2.03. The highest BCUT2D eigenvalue weighted by molar-refractivity contribution is 5.26. The van der Waals surface area contributed by atoms with Crippen LogP contribution in [0.4, 0.5) is 4.39 Å². The van der Waals surface area contributed by atoms with Crippen LogP contribution in [0.2, 0.25) is 0 Å². The maximum Gasteiger partial charge on any atom is 0.145 e. The van der Waals surface area contributed by atoms with Crippen molar-refractivity contribution in [2.45, 2.75) is 26.7 Å². The van der Waals surface area contributed by atoms with Crippen LogP contribution < -0.4 is 5.73 Å². The highest BCUT2D eigenvalue weighted by Gasteiger charge is 2.06. The number of nitrogens with two attached hydrogens (primary N) is 1. The Hall–Kier alpha value is -0.990. The van der Waals surface area contributed by atoms with Crippen LogP contribution in [0, 0.1) is 0 Å². The number of aliphatic hydroxyl groups is 1. The van der Waals surface area contributed by atoms with Crippen molar-refractivity contribution in [2.24, 2.45) is 5.73 Å². The molecule has 0 rings (SSSR count). The minimum atomic E-state index is -0.535. The standard InChI is InChI=1S/C8H14FNO/c1-3-6(7(9)5-10)8(11)4-2/h5,11H,3-4,10H2,1-2H3/b7-5+,8-6-. The molecule has 0 aliphatic rings. The van der Waals surface area contributed by atoms with Crippen LogP contribution in [0.1, 0.15) is 26.7 Å². The SMILES string of the molecule is CC/C(O)=C(CC)/C(F)=C\N. The Labute approximate surface area is 66.2 Å². The molecule has 0 amide bonds. The number of hydrogen-bond donors (Lipinski definition) is 2. The van der Waals surface area contributed by atoms with E-state index >= 15 is 0 Å². The molecule has 3 heteroatoms. The Balaban J connectivity index is 4.65. The summed E-state index contributed by atoms with van der Waals surface area (Å²) in [7, 11) is 0. The molecule has 0 spiro atoms. The summed E-state index contributed by atoms with van der Waals surface area (Å²) >= 11 is 0. The van der Waals surface area contributed by atoms with Gasteiger partial charge in [-0.1, -0.05) is 13.8 Å². The van der Waals surface area contributed by atoms with Gasteiger partial charge in [-0.3, -0.25) is 0 Å². The van der Waals surface area contributed by atoms with E-state index in [1.165, 1.54) is 0 Å². The Bertz CT molecular complexity index is 185. The Morgan fingerprint density at radius 2 is 2.00 bits per heavy atom. The number of hydrogen-bond acceptors (Lipinski definition) is 2. The van der Waals surface area contributed by atoms with E-state index in [0.29, 0.717) is 18.4 Å². The lowest BCUT2D eigenvalue weighted by Crippen LogP contribution is -1.93. The molecule has 0 radical (unpaired) electrons. The zero-order valence-electron chi connectivity index (χ0n) is 6.89. The smallest absolute Gasteiger partial charge is 0.145 e. The minimum absolute atomic E-state index is 0.0756. The summed E-state index contributed by atoms with van der Waals surface area (Å²) in [4.78, 5) is 0. The van der Waals surface area contributed by atoms with E-state index < -0.39 is 5.83 Å². The van der Waals surface area contributed by atoms with Gasteiger partial charge in [0.1, 0.15) is 5.83 Å². The fraction of sp³-hybridized carbons (Fsp3) is 0.500. The highest BCUT2D eigenvalue weighted by Crippen LogP contribution is 2.18. The normalized spacial score (nSPS) is 14.6. The first-order chi connectivity index (χ1) is 5.17. The van der Waals surface area contributed by atoms with Crippen molar-refractivity contribution in [1.29, 1.82) is 0 Å². The number of allylic oxidation sites excluding steroid dienone is 3. The monoisotopic (exact) mass is 159 g/mol. The van der Waals surface area contributed by atoms with Gasteiger partial charge in [-0.15, -0.1) is 0 Å². The molecule has 3 N–H and O–H groups in total. The van der Waals surface area contributed by atoms with Gasteiger partial charge in [0, 0.05) is 18.2 Å². The fourth-order valence-electron chi connectivity index (χ4n) is 0.825. The summed E-state index contributed by atoms with van der Waals surface area (Å²) in [5, 5.41) is 9.16. The summed E-state index contributed by atoms with van der Waals surface area (Å²) in [5.74, 6) is -0.460. The lowest BCUT2D eigenvalue weighted by atomic mass is 10.1. The van der Waals surface area contributed by atoms with Gasteiger partial charge in [0.15, 0.2) is 0 Å². The number of halogens is 1. The van der Waals surface area contributed by atoms with Crippen molar-refractivity contribution in [1.82, 2.24) is 0 Å². The van der Waals surface area contributed by atoms with E-state index in [4.69, 9.17) is 10.8 Å². The van der Waals surface area contributed by atoms with Crippen LogP contribution in [0.5, 0.6) is 0 Å². The first-order valence-electron chi connectivity index (χ1n) is 3.66. The number of rotatable bonds is 3. The van der Waals surface area contributed by atoms with Crippen LogP contribution in [0.3, 0.4) is 0 Å². The molecule has 0 saturated heterocycles. The van der Waals surface area contributed by atoms with Crippen molar-refractivity contribution in [3.05, 3.63) is 23.4 Å². The predicted octanol–water partition coefficient (Wildman–Crippen LogP) is 2.39. The van der Waals surface area contributed by atoms with Gasteiger partial charge in [-0.25, -0.2) is 4.39 Å². The van der Waals surface area contributed by atoms with Crippen molar-refractivity contribution in [3.8, 4) is 0 Å². The average molecular weight is 159 g/mol. The molecule has 0 atom stereocenters. The average Bonchev–Trinajstić information content (AvgIpc) is 2.05. The third-order valence-corrected chi connectivity index (χ3v) is 1.47. The summed E-state index contributed by atoms with van der Waals surface area (Å²) < 4.78 is 12.8. The van der Waals surface area contributed by atoms with Gasteiger partial charge in [-0.05, 0) is 6.42 Å². The van der Waals surface area contributed by atoms with Crippen LogP contribution in [-0.2, 0) is 0 Å². The molecule has 11 heavy (non-hydrogen) atoms. The zero-order chi connectivity index (χ0) is 8.85. The number of aliphatic hydroxyl groups excluding tert-OH is 1. The maximum atomic E-state index is 12.8. The van der Waals surface area contributed by atoms with Crippen LogP contribution >= 0.6 is 0 Å². The summed E-state index contributed by atoms with van der Waals surface area (Å²) in [5.41, 5.74) is 5.26. The van der Waals surface area contributed by atoms with E-state index in [-0.39, 0.29) is 5.76 Å². The van der Waals surface area contributed by atoms with Gasteiger partial charge < -0.3 is 10.8 Å². The second-order valence-corrected chi connectivity index (χ2v) is 2.15. The first kappa shape index (κ1) is 10.0. The molecule has 0 aromatic heterocycles. The van der Waals surface area contributed by atoms with Crippen molar-refractivity contribution in [3.63, 3.8) is 0 Å². The molecule has 0 aliphatic heterocycles. The highest BCUT2D eigenvalue weighted by atomic mass is 19.1. The minimum Gasteiger partial charge on any atom is -0.512 e. The summed E-state index contributed by atoms with van der Waals surface area (Å²) in [6.45, 7) is 3.53. The summed E-state index contributed by atoms with van der Waals surface area (Å²) in [6, 6.07) is 0. The molecule has 0 aromatic rings. The maximum absolute atomic E-state index is 12.8. The predicted molar refractivity (Wildman–Crippen MR) is 43.6 cm³/mol. The topological polar surface area (TPSA) is 46.2 Å². The second kappa shape index (κ2) is 4.77. The van der Waals surface area contributed by atoms with Gasteiger partial charge in [0.2, 0.25) is 0 Å². The Morgan fingerprint density at radius 1 is 1.45 bits per heavy atom. The molecule has 0 saturated carbocycles. The van der Waals surface area contributed by atoms with Gasteiger partial charge >= 0.3 is 0 Å². The molecule has 0 heterocycles. The molecule has 0 unspecified atom stereocenters. The largest absolute Gasteiger partial charge is 0.512 e. The lowest BCUT2D eigenvalue weighted by molar-refractivity contribution is 0.382. The van der Waals surface area contributed by atoms with Crippen molar-refractivity contribution < 1.29 is 9.50 Å². The first-order valence-corrected chi connectivity index (χ1v) is 3.66. The van der Waals surface area contributed by atoms with Gasteiger partial charge in [0.25, 0.3) is 0 Å². The molecule has 0 bridgehead atoms. The summed E-state index contributed by atoms with van der Waals surface area (Å²) in [6.07, 6.45) is 1.76. The molecule has 64 valence electrons. The van der Waals surface area contributed by atoms with Gasteiger partial charge in [-0.2, -0.15) is 0 Å². The van der Waals surface area contributed by atoms with E-state index in [2.05, 4.69) is 0 Å². The van der Waals surface area contributed by atoms with E-state index in [1.54, 1.807) is 13.8 Å². The van der Waals surface area contributed by atoms with Crippen LogP contribution in [-0.4, -0.2) is 5.11 Å². The van der Waals surface area contributed by atoms with Gasteiger partial charge in [0.05, 0.1) is 5.76 Å². The Kier molecular flexibility index (Phi) is 4.34. The zero-order valence-corrected chi connectivity index (χ0v) is 6.89. The van der Waals surface area contributed by atoms with E-state index in [1.807, 2.05) is 0 Å². The molecule has 2 nitrogen and oxygen atoms in total. The van der Waals surface area contributed by atoms with E-state index in [9.17, 15) is 4.39 Å². The third-order valence-electron chi connectivity index (χ3n) is 1.47. The van der Waals surface area contributed by atoms with Crippen LogP contribution in [0.25, 0.3) is 0 Å². The fourth-order valence-corrected chi connectivity index (χ4v) is 0.825. The van der Waals surface area contributed by atoms with Crippen molar-refractivity contribution in [2.75, 3.05) is 0 Å². The van der Waals surface area contributed by atoms with Crippen LogP contribution in [0.15, 0.2) is 23.4 Å². The second-order valence-electron chi connectivity index (χ2n) is 2.15. The Morgan fingerprint density at radius 3 is 2.27 bits per heavy atom.